The number of rotatable bonds is 5. The zero-order valence-electron chi connectivity index (χ0n) is 9.91. The summed E-state index contributed by atoms with van der Waals surface area (Å²) in [7, 11) is 1.37. The van der Waals surface area contributed by atoms with Gasteiger partial charge in [0.15, 0.2) is 0 Å². The molecule has 0 spiro atoms. The highest BCUT2D eigenvalue weighted by atomic mass is 16.5. The van der Waals surface area contributed by atoms with Gasteiger partial charge in [0.1, 0.15) is 6.04 Å². The minimum absolute atomic E-state index is 0.182. The summed E-state index contributed by atoms with van der Waals surface area (Å²) in [6.07, 6.45) is 0. The van der Waals surface area contributed by atoms with Gasteiger partial charge in [-0.05, 0) is 0 Å². The second-order valence-electron chi connectivity index (χ2n) is 3.49. The number of amides is 1. The third kappa shape index (κ3) is 3.58. The van der Waals surface area contributed by atoms with Gasteiger partial charge in [-0.3, -0.25) is 9.59 Å². The number of aliphatic carboxylic acids is 1. The normalized spacial score (nSPS) is 11.7. The molecule has 1 heterocycles. The molecule has 0 bridgehead atoms. The summed E-state index contributed by atoms with van der Waals surface area (Å²) in [4.78, 5) is 33.2. The third-order valence-electron chi connectivity index (χ3n) is 2.08. The predicted molar refractivity (Wildman–Crippen MR) is 60.3 cm³/mol. The van der Waals surface area contributed by atoms with E-state index in [0.717, 1.165) is 4.68 Å². The number of carbonyl (C=O) groups is 2. The molecule has 0 saturated carbocycles. The number of carboxylic acids is 1. The first-order valence-electron chi connectivity index (χ1n) is 5.06. The molecule has 0 aliphatic rings. The van der Waals surface area contributed by atoms with Gasteiger partial charge in [-0.25, -0.2) is 9.48 Å². The lowest BCUT2D eigenvalue weighted by molar-refractivity contribution is -0.142. The zero-order valence-corrected chi connectivity index (χ0v) is 9.91. The molecule has 1 unspecified atom stereocenters. The van der Waals surface area contributed by atoms with Gasteiger partial charge in [0.05, 0.1) is 13.7 Å². The van der Waals surface area contributed by atoms with E-state index in [0.29, 0.717) is 0 Å². The third-order valence-corrected chi connectivity index (χ3v) is 2.08. The number of methoxy groups -OCH3 is 1. The van der Waals surface area contributed by atoms with Crippen LogP contribution in [0.15, 0.2) is 16.9 Å². The second-order valence-corrected chi connectivity index (χ2v) is 3.49. The van der Waals surface area contributed by atoms with Gasteiger partial charge in [0, 0.05) is 19.1 Å². The number of carbonyl (C=O) groups excluding carboxylic acids is 1. The Morgan fingerprint density at radius 1 is 1.56 bits per heavy atom. The van der Waals surface area contributed by atoms with Crippen LogP contribution in [0.1, 0.15) is 6.92 Å². The fourth-order valence-corrected chi connectivity index (χ4v) is 1.27. The van der Waals surface area contributed by atoms with E-state index in [-0.39, 0.29) is 12.4 Å². The molecular weight excluding hydrogens is 242 g/mol. The molecule has 0 aliphatic carbocycles. The van der Waals surface area contributed by atoms with Crippen molar-refractivity contribution in [2.45, 2.75) is 19.5 Å². The molecule has 2 N–H and O–H groups in total. The van der Waals surface area contributed by atoms with Gasteiger partial charge >= 0.3 is 5.97 Å². The van der Waals surface area contributed by atoms with Crippen LogP contribution in [0.5, 0.6) is 5.88 Å². The molecule has 1 rings (SSSR count). The molecule has 1 atom stereocenters. The summed E-state index contributed by atoms with van der Waals surface area (Å²) in [5.74, 6) is -1.57. The van der Waals surface area contributed by atoms with Crippen LogP contribution in [0.4, 0.5) is 0 Å². The van der Waals surface area contributed by atoms with E-state index in [1.165, 1.54) is 26.2 Å². The summed E-state index contributed by atoms with van der Waals surface area (Å²) >= 11 is 0. The van der Waals surface area contributed by atoms with E-state index in [9.17, 15) is 14.4 Å². The van der Waals surface area contributed by atoms with Gasteiger partial charge in [0.2, 0.25) is 11.8 Å². The highest BCUT2D eigenvalue weighted by Gasteiger charge is 2.20. The Hall–Kier alpha value is -2.38. The maximum Gasteiger partial charge on any atom is 0.328 e. The smallest absolute Gasteiger partial charge is 0.328 e. The lowest BCUT2D eigenvalue weighted by atomic mass is 10.3. The fraction of sp³-hybridized carbons (Fsp3) is 0.400. The van der Waals surface area contributed by atoms with Crippen molar-refractivity contribution >= 4 is 11.9 Å². The molecule has 0 saturated heterocycles. The van der Waals surface area contributed by atoms with E-state index < -0.39 is 23.5 Å². The van der Waals surface area contributed by atoms with Crippen molar-refractivity contribution in [3.63, 3.8) is 0 Å². The lowest BCUT2D eigenvalue weighted by Crippen LogP contribution is -2.44. The first-order chi connectivity index (χ1) is 8.43. The molecule has 8 heteroatoms. The number of hydrogen-bond acceptors (Lipinski definition) is 5. The van der Waals surface area contributed by atoms with Crippen molar-refractivity contribution in [1.82, 2.24) is 15.1 Å². The van der Waals surface area contributed by atoms with Gasteiger partial charge < -0.3 is 15.2 Å². The number of nitrogens with zero attached hydrogens (tertiary/aromatic N) is 2. The first-order valence-corrected chi connectivity index (χ1v) is 5.06. The Bertz CT molecular complexity index is 510. The second kappa shape index (κ2) is 5.80. The number of ether oxygens (including phenoxy) is 1. The van der Waals surface area contributed by atoms with Crippen LogP contribution in [0, 0.1) is 0 Å². The van der Waals surface area contributed by atoms with Crippen LogP contribution in [-0.2, 0) is 16.1 Å². The number of hydrogen-bond donors (Lipinski definition) is 2. The van der Waals surface area contributed by atoms with Crippen molar-refractivity contribution in [3.05, 3.63) is 22.5 Å². The number of carboxylic acid groups (broad SMARTS) is 1. The van der Waals surface area contributed by atoms with E-state index in [2.05, 4.69) is 10.4 Å². The van der Waals surface area contributed by atoms with Crippen molar-refractivity contribution < 1.29 is 19.4 Å². The van der Waals surface area contributed by atoms with E-state index in [4.69, 9.17) is 9.84 Å². The maximum absolute atomic E-state index is 11.5. The molecule has 1 amide bonds. The topological polar surface area (TPSA) is 111 Å². The molecule has 0 aliphatic heterocycles. The minimum Gasteiger partial charge on any atom is -0.480 e. The molecule has 98 valence electrons. The molecule has 1 aromatic heterocycles. The van der Waals surface area contributed by atoms with Gasteiger partial charge in [-0.1, -0.05) is 0 Å². The fourth-order valence-electron chi connectivity index (χ4n) is 1.27. The Kier molecular flexibility index (Phi) is 4.41. The van der Waals surface area contributed by atoms with E-state index >= 15 is 0 Å². The van der Waals surface area contributed by atoms with Crippen LogP contribution < -0.4 is 15.6 Å². The van der Waals surface area contributed by atoms with E-state index in [1.807, 2.05) is 0 Å². The van der Waals surface area contributed by atoms with Crippen molar-refractivity contribution in [2.24, 2.45) is 0 Å². The standard InChI is InChI=1S/C10H13N3O5/c1-6(14)11-7(10(16)17)5-13-9(15)4-3-8(12-13)18-2/h3-4,7H,5H2,1-2H3,(H,11,14)(H,16,17). The molecular formula is C10H13N3O5. The highest BCUT2D eigenvalue weighted by Crippen LogP contribution is 2.00. The minimum atomic E-state index is -1.25. The van der Waals surface area contributed by atoms with Crippen molar-refractivity contribution in [2.75, 3.05) is 7.11 Å². The average molecular weight is 255 g/mol. The summed E-state index contributed by atoms with van der Waals surface area (Å²) in [6.45, 7) is 0.919. The highest BCUT2D eigenvalue weighted by molar-refractivity contribution is 5.81. The van der Waals surface area contributed by atoms with Gasteiger partial charge in [-0.2, -0.15) is 0 Å². The Morgan fingerprint density at radius 3 is 2.72 bits per heavy atom. The lowest BCUT2D eigenvalue weighted by Gasteiger charge is -2.14. The van der Waals surface area contributed by atoms with Crippen LogP contribution in [0.25, 0.3) is 0 Å². The Balaban J connectivity index is 2.96. The Labute approximate surface area is 102 Å². The summed E-state index contributed by atoms with van der Waals surface area (Å²) in [6, 6.07) is 1.35. The zero-order chi connectivity index (χ0) is 13.7. The largest absolute Gasteiger partial charge is 0.480 e. The molecule has 0 aromatic carbocycles. The van der Waals surface area contributed by atoms with Crippen LogP contribution in [0.2, 0.25) is 0 Å². The van der Waals surface area contributed by atoms with Crippen LogP contribution in [-0.4, -0.2) is 39.9 Å². The molecule has 18 heavy (non-hydrogen) atoms. The van der Waals surface area contributed by atoms with Crippen molar-refractivity contribution in [1.29, 1.82) is 0 Å². The van der Waals surface area contributed by atoms with Gasteiger partial charge in [-0.15, -0.1) is 5.10 Å². The Morgan fingerprint density at radius 2 is 2.22 bits per heavy atom. The monoisotopic (exact) mass is 255 g/mol. The predicted octanol–water partition coefficient (Wildman–Crippen LogP) is -1.16. The molecule has 8 nitrogen and oxygen atoms in total. The SMILES string of the molecule is COc1ccc(=O)n(CC(NC(C)=O)C(=O)O)n1. The average Bonchev–Trinajstić information content (AvgIpc) is 2.30. The summed E-state index contributed by atoms with van der Waals surface area (Å²) in [5.41, 5.74) is -0.479. The number of nitrogens with one attached hydrogen (secondary N) is 1. The molecule has 0 radical (unpaired) electrons. The first kappa shape index (κ1) is 13.7. The van der Waals surface area contributed by atoms with E-state index in [1.54, 1.807) is 0 Å². The van der Waals surface area contributed by atoms with Crippen LogP contribution >= 0.6 is 0 Å². The van der Waals surface area contributed by atoms with Crippen LogP contribution in [0.3, 0.4) is 0 Å². The van der Waals surface area contributed by atoms with Gasteiger partial charge in [0.25, 0.3) is 5.56 Å². The molecule has 0 fully saturated rings. The molecule has 1 aromatic rings. The van der Waals surface area contributed by atoms with Crippen molar-refractivity contribution in [3.8, 4) is 5.88 Å². The quantitative estimate of drug-likeness (QED) is 0.686. The summed E-state index contributed by atoms with van der Waals surface area (Å²) < 4.78 is 5.75. The summed E-state index contributed by atoms with van der Waals surface area (Å²) in [5, 5.41) is 14.9. The maximum atomic E-state index is 11.5. The number of aromatic nitrogens is 2.